The first-order chi connectivity index (χ1) is 14.4. The lowest BCUT2D eigenvalue weighted by Crippen LogP contribution is -2.30. The fourth-order valence-corrected chi connectivity index (χ4v) is 3.51. The second kappa shape index (κ2) is 8.18. The van der Waals surface area contributed by atoms with Crippen LogP contribution in [0.2, 0.25) is 0 Å². The highest BCUT2D eigenvalue weighted by Gasteiger charge is 2.19. The van der Waals surface area contributed by atoms with E-state index < -0.39 is 7.12 Å². The van der Waals surface area contributed by atoms with Crippen LogP contribution in [-0.2, 0) is 6.54 Å². The molecule has 0 amide bonds. The smallest absolute Gasteiger partial charge is 0.423 e. The Morgan fingerprint density at radius 3 is 2.47 bits per heavy atom. The van der Waals surface area contributed by atoms with Crippen LogP contribution in [0.25, 0.3) is 16.9 Å². The molecular weight excluding hydrogens is 377 g/mol. The first kappa shape index (κ1) is 19.9. The molecule has 3 N–H and O–H groups in total. The first-order valence-electron chi connectivity index (χ1n) is 9.75. The third kappa shape index (κ3) is 3.87. The molecule has 0 fully saturated rings. The van der Waals surface area contributed by atoms with E-state index in [1.54, 1.807) is 12.1 Å². The summed E-state index contributed by atoms with van der Waals surface area (Å²) < 4.78 is 1.93. The number of hydrogen-bond donors (Lipinski definition) is 3. The van der Waals surface area contributed by atoms with Gasteiger partial charge in [-0.05, 0) is 30.1 Å². The van der Waals surface area contributed by atoms with Gasteiger partial charge in [-0.25, -0.2) is 0 Å². The number of nitrogens with one attached hydrogen (secondary N) is 1. The van der Waals surface area contributed by atoms with E-state index in [4.69, 9.17) is 9.97 Å². The average Bonchev–Trinajstić information content (AvgIpc) is 3.08. The highest BCUT2D eigenvalue weighted by Crippen LogP contribution is 2.24. The second-order valence-corrected chi connectivity index (χ2v) is 7.42. The highest BCUT2D eigenvalue weighted by molar-refractivity contribution is 6.61. The molecule has 0 saturated heterocycles. The summed E-state index contributed by atoms with van der Waals surface area (Å²) in [5.41, 5.74) is 3.35. The molecule has 8 heteroatoms. The van der Waals surface area contributed by atoms with E-state index in [1.165, 1.54) is 0 Å². The number of aryl methyl sites for hydroxylation is 1. The zero-order valence-electron chi connectivity index (χ0n) is 17.2. The molecule has 0 radical (unpaired) electrons. The highest BCUT2D eigenvalue weighted by atomic mass is 16.4. The quantitative estimate of drug-likeness (QED) is 0.429. The van der Waals surface area contributed by atoms with E-state index >= 15 is 0 Å². The van der Waals surface area contributed by atoms with Gasteiger partial charge in [-0.15, -0.1) is 0 Å². The van der Waals surface area contributed by atoms with Gasteiger partial charge in [0, 0.05) is 37.8 Å². The van der Waals surface area contributed by atoms with Gasteiger partial charge in [0.2, 0.25) is 5.95 Å². The lowest BCUT2D eigenvalue weighted by atomic mass is 9.78. The molecule has 2 aromatic heterocycles. The number of rotatable bonds is 6. The van der Waals surface area contributed by atoms with E-state index in [1.807, 2.05) is 66.9 Å². The molecule has 0 atom stereocenters. The molecule has 152 valence electrons. The number of nitrogens with zero attached hydrogens (tertiary/aromatic N) is 4. The first-order valence-corrected chi connectivity index (χ1v) is 9.75. The fourth-order valence-electron chi connectivity index (χ4n) is 3.51. The summed E-state index contributed by atoms with van der Waals surface area (Å²) in [6.45, 7) is 2.60. The zero-order chi connectivity index (χ0) is 21.3. The molecule has 0 aliphatic carbocycles. The summed E-state index contributed by atoms with van der Waals surface area (Å²) in [5, 5.41) is 23.6. The maximum atomic E-state index is 9.73. The number of fused-ring (bicyclic) bond motifs is 1. The molecule has 0 spiro atoms. The Morgan fingerprint density at radius 1 is 1.00 bits per heavy atom. The predicted molar refractivity (Wildman–Crippen MR) is 122 cm³/mol. The summed E-state index contributed by atoms with van der Waals surface area (Å²) >= 11 is 0. The lowest BCUT2D eigenvalue weighted by molar-refractivity contribution is 0.426. The maximum Gasteiger partial charge on any atom is 0.489 e. The van der Waals surface area contributed by atoms with Gasteiger partial charge >= 0.3 is 7.12 Å². The molecule has 0 unspecified atom stereocenters. The molecule has 2 aromatic carbocycles. The monoisotopic (exact) mass is 401 g/mol. The minimum atomic E-state index is -1.54. The predicted octanol–water partition coefficient (Wildman–Crippen LogP) is 2.09. The average molecular weight is 401 g/mol. The molecule has 30 heavy (non-hydrogen) atoms. The summed E-state index contributed by atoms with van der Waals surface area (Å²) in [4.78, 5) is 11.4. The van der Waals surface area contributed by atoms with Gasteiger partial charge in [-0.2, -0.15) is 9.97 Å². The van der Waals surface area contributed by atoms with Crippen molar-refractivity contribution < 1.29 is 10.0 Å². The Labute approximate surface area is 175 Å². The van der Waals surface area contributed by atoms with Crippen molar-refractivity contribution >= 4 is 35.1 Å². The normalized spacial score (nSPS) is 11.0. The molecule has 4 aromatic rings. The van der Waals surface area contributed by atoms with E-state index in [0.29, 0.717) is 23.8 Å². The van der Waals surface area contributed by atoms with Crippen molar-refractivity contribution in [2.24, 2.45) is 0 Å². The zero-order valence-corrected chi connectivity index (χ0v) is 17.2. The van der Waals surface area contributed by atoms with Crippen molar-refractivity contribution in [3.8, 4) is 5.95 Å². The minimum absolute atomic E-state index is 0.459. The van der Waals surface area contributed by atoms with Crippen molar-refractivity contribution in [1.29, 1.82) is 0 Å². The Kier molecular flexibility index (Phi) is 5.43. The summed E-state index contributed by atoms with van der Waals surface area (Å²) in [6.07, 6.45) is 0. The second-order valence-electron chi connectivity index (χ2n) is 7.42. The van der Waals surface area contributed by atoms with Crippen molar-refractivity contribution in [3.63, 3.8) is 0 Å². The molecular formula is C22H24BN5O2. The Hall–Kier alpha value is -3.36. The molecule has 0 bridgehead atoms. The number of benzene rings is 2. The van der Waals surface area contributed by atoms with Crippen LogP contribution in [-0.4, -0.2) is 45.8 Å². The van der Waals surface area contributed by atoms with Gasteiger partial charge in [-0.3, -0.25) is 4.57 Å². The Balaban J connectivity index is 1.79. The van der Waals surface area contributed by atoms with Crippen LogP contribution in [0.3, 0.4) is 0 Å². The van der Waals surface area contributed by atoms with E-state index in [2.05, 4.69) is 17.4 Å². The number of anilines is 2. The fraction of sp³-hybridized carbons (Fsp3) is 0.182. The summed E-state index contributed by atoms with van der Waals surface area (Å²) in [5.74, 6) is 2.01. The van der Waals surface area contributed by atoms with Crippen LogP contribution in [0.5, 0.6) is 0 Å². The van der Waals surface area contributed by atoms with Crippen LogP contribution in [0, 0.1) is 6.92 Å². The molecule has 0 aliphatic heterocycles. The van der Waals surface area contributed by atoms with Crippen LogP contribution in [0.15, 0.2) is 60.7 Å². The van der Waals surface area contributed by atoms with Gasteiger partial charge in [-0.1, -0.05) is 42.5 Å². The van der Waals surface area contributed by atoms with Crippen molar-refractivity contribution in [2.45, 2.75) is 13.5 Å². The maximum absolute atomic E-state index is 9.73. The molecule has 0 aliphatic rings. The third-order valence-electron chi connectivity index (χ3n) is 5.02. The van der Waals surface area contributed by atoms with Gasteiger partial charge in [0.15, 0.2) is 0 Å². The van der Waals surface area contributed by atoms with Gasteiger partial charge in [0.1, 0.15) is 11.6 Å². The third-order valence-corrected chi connectivity index (χ3v) is 5.02. The lowest BCUT2D eigenvalue weighted by Gasteiger charge is -2.16. The van der Waals surface area contributed by atoms with Crippen molar-refractivity contribution in [1.82, 2.24) is 14.5 Å². The SMILES string of the molecule is Cc1cc2c(B(O)O)cccc2n1-c1nc(NCc2ccccc2)cc(N(C)C)n1. The van der Waals surface area contributed by atoms with Crippen LogP contribution < -0.4 is 15.7 Å². The topological polar surface area (TPSA) is 86.4 Å². The Morgan fingerprint density at radius 2 is 1.77 bits per heavy atom. The molecule has 7 nitrogen and oxygen atoms in total. The van der Waals surface area contributed by atoms with Gasteiger partial charge in [0.25, 0.3) is 0 Å². The molecule has 4 rings (SSSR count). The summed E-state index contributed by atoms with van der Waals surface area (Å²) in [7, 11) is 2.34. The molecule has 2 heterocycles. The minimum Gasteiger partial charge on any atom is -0.423 e. The Bertz CT molecular complexity index is 1180. The number of hydrogen-bond acceptors (Lipinski definition) is 6. The van der Waals surface area contributed by atoms with Crippen LogP contribution >= 0.6 is 0 Å². The van der Waals surface area contributed by atoms with Gasteiger partial charge in [0.05, 0.1) is 5.52 Å². The van der Waals surface area contributed by atoms with Crippen LogP contribution in [0.4, 0.5) is 11.6 Å². The van der Waals surface area contributed by atoms with E-state index in [-0.39, 0.29) is 0 Å². The molecule has 0 saturated carbocycles. The standard InChI is InChI=1S/C22H24BN5O2/c1-15-12-17-18(23(29)30)10-7-11-19(17)28(15)22-25-20(13-21(26-22)27(2)3)24-14-16-8-5-4-6-9-16/h4-13,29-30H,14H2,1-3H3,(H,24,25,26). The van der Waals surface area contributed by atoms with E-state index in [0.717, 1.165) is 28.0 Å². The van der Waals surface area contributed by atoms with Crippen LogP contribution in [0.1, 0.15) is 11.3 Å². The van der Waals surface area contributed by atoms with Crippen molar-refractivity contribution in [3.05, 3.63) is 71.9 Å². The van der Waals surface area contributed by atoms with Gasteiger partial charge < -0.3 is 20.3 Å². The largest absolute Gasteiger partial charge is 0.489 e. The summed E-state index contributed by atoms with van der Waals surface area (Å²) in [6, 6.07) is 19.4. The number of aromatic nitrogens is 3. The van der Waals surface area contributed by atoms with E-state index in [9.17, 15) is 10.0 Å². The van der Waals surface area contributed by atoms with Crippen molar-refractivity contribution in [2.75, 3.05) is 24.3 Å².